The maximum atomic E-state index is 11.1. The van der Waals surface area contributed by atoms with Crippen molar-refractivity contribution >= 4 is 25.4 Å². The van der Waals surface area contributed by atoms with Gasteiger partial charge in [0.25, 0.3) is 5.69 Å². The zero-order valence-corrected chi connectivity index (χ0v) is 13.0. The predicted molar refractivity (Wildman–Crippen MR) is 76.7 cm³/mol. The summed E-state index contributed by atoms with van der Waals surface area (Å²) in [4.78, 5) is 10.2. The number of hydrogen-bond donors (Lipinski definition) is 0. The van der Waals surface area contributed by atoms with Gasteiger partial charge in [0, 0.05) is 22.2 Å². The summed E-state index contributed by atoms with van der Waals surface area (Å²) < 4.78 is 27.7. The van der Waals surface area contributed by atoms with Gasteiger partial charge in [-0.3, -0.25) is 10.1 Å². The Morgan fingerprint density at radius 2 is 2.00 bits per heavy atom. The average Bonchev–Trinajstić information content (AvgIpc) is 2.24. The Bertz CT molecular complexity index is 612. The maximum Gasteiger partial charge on any atom is 0.273 e. The molecule has 1 aromatic carbocycles. The van der Waals surface area contributed by atoms with Gasteiger partial charge in [-0.05, 0) is 18.6 Å². The molecule has 0 amide bonds. The van der Waals surface area contributed by atoms with Crippen molar-refractivity contribution in [1.29, 1.82) is 0 Å². The normalized spacial score (nSPS) is 12.2. The number of halogens is 1. The molecule has 0 saturated heterocycles. The zero-order chi connectivity index (χ0) is 15.6. The number of nitro benzene ring substituents is 1. The number of nitro groups is 1. The first-order valence-electron chi connectivity index (χ1n) is 5.80. The van der Waals surface area contributed by atoms with Crippen LogP contribution in [0, 0.1) is 22.5 Å². The van der Waals surface area contributed by atoms with Crippen molar-refractivity contribution < 1.29 is 18.1 Å². The van der Waals surface area contributed by atoms with Crippen LogP contribution < -0.4 is 4.74 Å². The van der Waals surface area contributed by atoms with Gasteiger partial charge < -0.3 is 4.74 Å². The fourth-order valence-electron chi connectivity index (χ4n) is 1.64. The van der Waals surface area contributed by atoms with E-state index in [9.17, 15) is 18.5 Å². The number of benzene rings is 1. The highest BCUT2D eigenvalue weighted by Gasteiger charge is 2.26. The van der Waals surface area contributed by atoms with E-state index in [1.807, 2.05) is 0 Å². The van der Waals surface area contributed by atoms with Crippen molar-refractivity contribution in [2.75, 3.05) is 12.4 Å². The van der Waals surface area contributed by atoms with Crippen molar-refractivity contribution in [3.63, 3.8) is 0 Å². The van der Waals surface area contributed by atoms with Crippen molar-refractivity contribution in [1.82, 2.24) is 0 Å². The van der Waals surface area contributed by atoms with Crippen LogP contribution in [0.2, 0.25) is 0 Å². The van der Waals surface area contributed by atoms with Gasteiger partial charge in [0.1, 0.15) is 5.75 Å². The fourth-order valence-corrected chi connectivity index (χ4v) is 3.54. The molecule has 1 rings (SSSR count). The van der Waals surface area contributed by atoms with Gasteiger partial charge in [-0.25, -0.2) is 8.42 Å². The van der Waals surface area contributed by atoms with Crippen LogP contribution in [0.15, 0.2) is 18.2 Å². The van der Waals surface area contributed by atoms with E-state index in [4.69, 9.17) is 15.4 Å². The number of rotatable bonds is 6. The van der Waals surface area contributed by atoms with E-state index in [0.717, 1.165) is 5.56 Å². The van der Waals surface area contributed by atoms with Crippen molar-refractivity contribution in [3.8, 4) is 5.75 Å². The molecule has 0 aliphatic heterocycles. The molecule has 0 aliphatic rings. The Labute approximate surface area is 122 Å². The first-order valence-corrected chi connectivity index (χ1v) is 8.28. The second-order valence-corrected chi connectivity index (χ2v) is 8.12. The molecule has 0 bridgehead atoms. The molecule has 112 valence electrons. The van der Waals surface area contributed by atoms with Crippen LogP contribution in [-0.2, 0) is 9.05 Å². The molecule has 0 saturated carbocycles. The molecule has 20 heavy (non-hydrogen) atoms. The summed E-state index contributed by atoms with van der Waals surface area (Å²) in [7, 11) is 1.59. The molecule has 0 atom stereocenters. The zero-order valence-electron chi connectivity index (χ0n) is 11.4. The molecule has 6 nitrogen and oxygen atoms in total. The number of nitrogens with zero attached hydrogens (tertiary/aromatic N) is 1. The van der Waals surface area contributed by atoms with E-state index in [1.165, 1.54) is 12.1 Å². The molecule has 0 N–H and O–H groups in total. The Morgan fingerprint density at radius 3 is 2.50 bits per heavy atom. The van der Waals surface area contributed by atoms with Gasteiger partial charge in [-0.1, -0.05) is 13.8 Å². The minimum absolute atomic E-state index is 0.0756. The first-order chi connectivity index (χ1) is 9.00. The third-order valence-electron chi connectivity index (χ3n) is 2.56. The van der Waals surface area contributed by atoms with Crippen LogP contribution in [0.5, 0.6) is 5.75 Å². The summed E-state index contributed by atoms with van der Waals surface area (Å²) >= 11 is 0. The number of aryl methyl sites for hydroxylation is 1. The molecule has 0 aromatic heterocycles. The van der Waals surface area contributed by atoms with Crippen molar-refractivity contribution in [2.45, 2.75) is 20.8 Å². The predicted octanol–water partition coefficient (Wildman–Crippen LogP) is 2.88. The lowest BCUT2D eigenvalue weighted by Gasteiger charge is -2.23. The molecule has 0 unspecified atom stereocenters. The number of ether oxygens (including phenoxy) is 1. The van der Waals surface area contributed by atoms with Gasteiger partial charge >= 0.3 is 0 Å². The summed E-state index contributed by atoms with van der Waals surface area (Å²) in [5, 5.41) is 10.7. The van der Waals surface area contributed by atoms with Crippen LogP contribution >= 0.6 is 10.7 Å². The summed E-state index contributed by atoms with van der Waals surface area (Å²) in [6.45, 7) is 5.23. The van der Waals surface area contributed by atoms with E-state index in [2.05, 4.69) is 0 Å². The molecule has 0 fully saturated rings. The second kappa shape index (κ2) is 5.97. The van der Waals surface area contributed by atoms with Crippen molar-refractivity contribution in [3.05, 3.63) is 33.9 Å². The second-order valence-electron chi connectivity index (χ2n) is 5.34. The molecule has 0 heterocycles. The summed E-state index contributed by atoms with van der Waals surface area (Å²) in [6.07, 6.45) is 0. The molecule has 0 radical (unpaired) electrons. The smallest absolute Gasteiger partial charge is 0.273 e. The molecule has 0 aliphatic carbocycles. The SMILES string of the molecule is Cc1ccc([N+](=O)[O-])cc1OCC(C)(C)CS(=O)(=O)Cl. The van der Waals surface area contributed by atoms with E-state index in [1.54, 1.807) is 26.8 Å². The standard InChI is InChI=1S/C12H16ClNO5S/c1-9-4-5-10(14(15)16)6-11(9)19-7-12(2,3)8-20(13,17)18/h4-6H,7-8H2,1-3H3. The quantitative estimate of drug-likeness (QED) is 0.457. The van der Waals surface area contributed by atoms with Crippen molar-refractivity contribution in [2.24, 2.45) is 5.41 Å². The molecule has 8 heteroatoms. The average molecular weight is 322 g/mol. The first kappa shape index (κ1) is 16.7. The lowest BCUT2D eigenvalue weighted by Crippen LogP contribution is -2.28. The van der Waals surface area contributed by atoms with Crippen LogP contribution in [0.25, 0.3) is 0 Å². The lowest BCUT2D eigenvalue weighted by molar-refractivity contribution is -0.385. The van der Waals surface area contributed by atoms with Crippen LogP contribution in [0.3, 0.4) is 0 Å². The van der Waals surface area contributed by atoms with Gasteiger partial charge in [0.15, 0.2) is 0 Å². The molecule has 1 aromatic rings. The number of hydrogen-bond acceptors (Lipinski definition) is 5. The highest BCUT2D eigenvalue weighted by atomic mass is 35.7. The van der Waals surface area contributed by atoms with Crippen LogP contribution in [0.1, 0.15) is 19.4 Å². The van der Waals surface area contributed by atoms with E-state index in [-0.39, 0.29) is 18.0 Å². The van der Waals surface area contributed by atoms with Gasteiger partial charge in [0.2, 0.25) is 9.05 Å². The minimum atomic E-state index is -3.63. The summed E-state index contributed by atoms with van der Waals surface area (Å²) in [5.74, 6) is 0.120. The number of non-ortho nitro benzene ring substituents is 1. The Kier molecular flexibility index (Phi) is 4.99. The van der Waals surface area contributed by atoms with Gasteiger partial charge in [0.05, 0.1) is 23.3 Å². The van der Waals surface area contributed by atoms with Crippen LogP contribution in [0.4, 0.5) is 5.69 Å². The molecular weight excluding hydrogens is 306 g/mol. The summed E-state index contributed by atoms with van der Waals surface area (Å²) in [5.41, 5.74) is -0.0361. The topological polar surface area (TPSA) is 86.5 Å². The highest BCUT2D eigenvalue weighted by molar-refractivity contribution is 8.13. The maximum absolute atomic E-state index is 11.1. The molecular formula is C12H16ClNO5S. The Balaban J connectivity index is 2.84. The Morgan fingerprint density at radius 1 is 1.40 bits per heavy atom. The summed E-state index contributed by atoms with van der Waals surface area (Å²) in [6, 6.07) is 4.29. The van der Waals surface area contributed by atoms with Gasteiger partial charge in [-0.2, -0.15) is 0 Å². The van der Waals surface area contributed by atoms with E-state index < -0.39 is 19.4 Å². The minimum Gasteiger partial charge on any atom is -0.492 e. The lowest BCUT2D eigenvalue weighted by atomic mass is 9.98. The third kappa shape index (κ3) is 5.34. The molecule has 0 spiro atoms. The third-order valence-corrected chi connectivity index (χ3v) is 4.02. The van der Waals surface area contributed by atoms with E-state index >= 15 is 0 Å². The monoisotopic (exact) mass is 321 g/mol. The Hall–Kier alpha value is -1.34. The van der Waals surface area contributed by atoms with E-state index in [0.29, 0.717) is 5.75 Å². The fraction of sp³-hybridized carbons (Fsp3) is 0.500. The highest BCUT2D eigenvalue weighted by Crippen LogP contribution is 2.27. The van der Waals surface area contributed by atoms with Crippen LogP contribution in [-0.4, -0.2) is 25.7 Å². The largest absolute Gasteiger partial charge is 0.492 e. The van der Waals surface area contributed by atoms with Gasteiger partial charge in [-0.15, -0.1) is 0 Å².